The lowest BCUT2D eigenvalue weighted by Crippen LogP contribution is -2.23. The van der Waals surface area contributed by atoms with Crippen LogP contribution in [0.5, 0.6) is 0 Å². The van der Waals surface area contributed by atoms with Crippen LogP contribution in [0, 0.1) is 28.4 Å². The summed E-state index contributed by atoms with van der Waals surface area (Å²) in [5.74, 6) is -0.763. The number of aromatic nitrogens is 4. The number of nitrogens with zero attached hydrogens (tertiary/aromatic N) is 6. The lowest BCUT2D eigenvalue weighted by Gasteiger charge is -2.07. The second kappa shape index (κ2) is 11.0. The van der Waals surface area contributed by atoms with Gasteiger partial charge in [0.05, 0.1) is 22.0 Å². The van der Waals surface area contributed by atoms with Crippen molar-refractivity contribution < 1.29 is 9.72 Å². The van der Waals surface area contributed by atoms with Gasteiger partial charge in [0.1, 0.15) is 23.0 Å². The molecule has 0 fully saturated rings. The number of carbonyl (C=O) groups excluding carboxylic acids is 1. The van der Waals surface area contributed by atoms with Gasteiger partial charge >= 0.3 is 0 Å². The Hall–Kier alpha value is -6.02. The molecule has 0 aliphatic rings. The number of anilines is 1. The number of hydrogen-bond donors (Lipinski definition) is 1. The van der Waals surface area contributed by atoms with Gasteiger partial charge in [-0.2, -0.15) is 10.4 Å². The molecule has 0 saturated carbocycles. The molecule has 0 unspecified atom stereocenters. The van der Waals surface area contributed by atoms with Crippen LogP contribution in [0.4, 0.5) is 11.4 Å². The summed E-state index contributed by atoms with van der Waals surface area (Å²) in [5.41, 5.74) is 2.54. The third-order valence-electron chi connectivity index (χ3n) is 6.57. The number of amides is 1. The minimum atomic E-state index is -0.763. The molecule has 2 heterocycles. The van der Waals surface area contributed by atoms with Gasteiger partial charge < -0.3 is 5.32 Å². The number of non-ortho nitro benzene ring substituents is 1. The molecule has 202 valence electrons. The predicted octanol–water partition coefficient (Wildman–Crippen LogP) is 4.79. The van der Waals surface area contributed by atoms with E-state index in [1.54, 1.807) is 65.9 Å². The summed E-state index contributed by atoms with van der Waals surface area (Å²) in [6.07, 6.45) is 3.04. The Balaban J connectivity index is 1.54. The fraction of sp³-hybridized carbons (Fsp3) is 0.0667. The van der Waals surface area contributed by atoms with E-state index >= 15 is 0 Å². The summed E-state index contributed by atoms with van der Waals surface area (Å²) in [6, 6.07) is 26.0. The van der Waals surface area contributed by atoms with Gasteiger partial charge in [0.25, 0.3) is 17.2 Å². The van der Waals surface area contributed by atoms with Crippen LogP contribution < -0.4 is 10.9 Å². The summed E-state index contributed by atoms with van der Waals surface area (Å²) in [6.45, 7) is 1.70. The first kappa shape index (κ1) is 26.6. The van der Waals surface area contributed by atoms with Crippen LogP contribution in [0.25, 0.3) is 28.7 Å². The van der Waals surface area contributed by atoms with E-state index in [2.05, 4.69) is 10.4 Å². The van der Waals surface area contributed by atoms with Crippen molar-refractivity contribution in [1.82, 2.24) is 19.1 Å². The number of carbonyl (C=O) groups is 1. The zero-order chi connectivity index (χ0) is 29.1. The molecule has 0 bridgehead atoms. The Morgan fingerprint density at radius 1 is 1.00 bits per heavy atom. The van der Waals surface area contributed by atoms with Gasteiger partial charge in [-0.25, -0.2) is 9.36 Å². The van der Waals surface area contributed by atoms with E-state index in [4.69, 9.17) is 0 Å². The zero-order valence-electron chi connectivity index (χ0n) is 22.1. The van der Waals surface area contributed by atoms with Gasteiger partial charge in [0, 0.05) is 36.5 Å². The molecule has 5 aromatic rings. The van der Waals surface area contributed by atoms with E-state index < -0.39 is 16.4 Å². The highest BCUT2D eigenvalue weighted by atomic mass is 16.6. The van der Waals surface area contributed by atoms with Gasteiger partial charge in [-0.15, -0.1) is 0 Å². The van der Waals surface area contributed by atoms with E-state index in [0.29, 0.717) is 28.2 Å². The molecule has 41 heavy (non-hydrogen) atoms. The van der Waals surface area contributed by atoms with Gasteiger partial charge in [-0.3, -0.25) is 24.4 Å². The van der Waals surface area contributed by atoms with Crippen LogP contribution >= 0.6 is 0 Å². The average Bonchev–Trinajstić information content (AvgIpc) is 3.51. The van der Waals surface area contributed by atoms with Crippen LogP contribution in [0.2, 0.25) is 0 Å². The van der Waals surface area contributed by atoms with Crippen molar-refractivity contribution in [3.05, 3.63) is 128 Å². The molecule has 11 heteroatoms. The molecule has 0 saturated heterocycles. The fourth-order valence-corrected chi connectivity index (χ4v) is 4.37. The van der Waals surface area contributed by atoms with Gasteiger partial charge in [0.2, 0.25) is 0 Å². The predicted molar refractivity (Wildman–Crippen MR) is 154 cm³/mol. The lowest BCUT2D eigenvalue weighted by atomic mass is 10.1. The SMILES string of the molecule is Cc1c(NC(=O)C(C#N)=Cc2cn(-c3ccccc3)nc2-c2ccc([N+](=O)[O-])cc2)c(=O)n(-c2ccccc2)n1C. The molecule has 3 aromatic carbocycles. The monoisotopic (exact) mass is 545 g/mol. The number of hydrogen-bond acceptors (Lipinski definition) is 6. The molecule has 0 aliphatic heterocycles. The van der Waals surface area contributed by atoms with E-state index in [1.807, 2.05) is 42.5 Å². The van der Waals surface area contributed by atoms with Crippen molar-refractivity contribution in [3.63, 3.8) is 0 Å². The van der Waals surface area contributed by atoms with E-state index in [9.17, 15) is 25.0 Å². The van der Waals surface area contributed by atoms with Crippen LogP contribution in [-0.2, 0) is 11.8 Å². The number of nitrogens with one attached hydrogen (secondary N) is 1. The van der Waals surface area contributed by atoms with Gasteiger partial charge in [-0.1, -0.05) is 36.4 Å². The molecule has 0 atom stereocenters. The van der Waals surface area contributed by atoms with Crippen molar-refractivity contribution in [1.29, 1.82) is 5.26 Å². The van der Waals surface area contributed by atoms with Gasteiger partial charge in [-0.05, 0) is 49.4 Å². The standard InChI is InChI=1S/C30H23N7O4/c1-20-27(30(39)36(34(20)2)25-11-7-4-8-12-25)32-29(38)22(18-31)17-23-19-35(24-9-5-3-6-10-24)33-28(23)21-13-15-26(16-14-21)37(40)41/h3-17,19H,1-2H3,(H,32,38). The Morgan fingerprint density at radius 3 is 2.20 bits per heavy atom. The summed E-state index contributed by atoms with van der Waals surface area (Å²) in [5, 5.41) is 28.3. The van der Waals surface area contributed by atoms with Crippen LogP contribution in [0.1, 0.15) is 11.3 Å². The molecule has 0 radical (unpaired) electrons. The molecule has 5 rings (SSSR count). The van der Waals surface area contributed by atoms with Crippen molar-refractivity contribution in [2.45, 2.75) is 6.92 Å². The quantitative estimate of drug-likeness (QED) is 0.135. The lowest BCUT2D eigenvalue weighted by molar-refractivity contribution is -0.384. The second-order valence-electron chi connectivity index (χ2n) is 9.08. The normalized spacial score (nSPS) is 11.2. The molecular weight excluding hydrogens is 522 g/mol. The highest BCUT2D eigenvalue weighted by Crippen LogP contribution is 2.28. The minimum absolute atomic E-state index is 0.0538. The van der Waals surface area contributed by atoms with E-state index in [0.717, 1.165) is 5.69 Å². The maximum absolute atomic E-state index is 13.3. The summed E-state index contributed by atoms with van der Waals surface area (Å²) in [4.78, 5) is 37.2. The Bertz CT molecular complexity index is 1890. The number of nitro benzene ring substituents is 1. The van der Waals surface area contributed by atoms with E-state index in [1.165, 1.54) is 22.9 Å². The van der Waals surface area contributed by atoms with Crippen molar-refractivity contribution in [2.75, 3.05) is 5.32 Å². The molecule has 11 nitrogen and oxygen atoms in total. The van der Waals surface area contributed by atoms with Crippen LogP contribution in [0.15, 0.2) is 101 Å². The van der Waals surface area contributed by atoms with Crippen molar-refractivity contribution >= 4 is 23.4 Å². The smallest absolute Gasteiger partial charge is 0.295 e. The average molecular weight is 546 g/mol. The van der Waals surface area contributed by atoms with Crippen LogP contribution in [-0.4, -0.2) is 30.0 Å². The van der Waals surface area contributed by atoms with E-state index in [-0.39, 0.29) is 16.9 Å². The first-order valence-corrected chi connectivity index (χ1v) is 12.5. The third kappa shape index (κ3) is 5.17. The Labute approximate surface area is 234 Å². The molecule has 0 spiro atoms. The maximum Gasteiger partial charge on any atom is 0.295 e. The number of benzene rings is 3. The maximum atomic E-state index is 13.3. The first-order valence-electron chi connectivity index (χ1n) is 12.5. The number of para-hydroxylation sites is 2. The highest BCUT2D eigenvalue weighted by Gasteiger charge is 2.21. The molecule has 1 amide bonds. The summed E-state index contributed by atoms with van der Waals surface area (Å²) in [7, 11) is 1.70. The molecule has 0 aliphatic carbocycles. The largest absolute Gasteiger partial charge is 0.315 e. The fourth-order valence-electron chi connectivity index (χ4n) is 4.37. The van der Waals surface area contributed by atoms with Crippen LogP contribution in [0.3, 0.4) is 0 Å². The zero-order valence-corrected chi connectivity index (χ0v) is 22.1. The minimum Gasteiger partial charge on any atom is -0.315 e. The second-order valence-corrected chi connectivity index (χ2v) is 9.08. The van der Waals surface area contributed by atoms with Crippen molar-refractivity contribution in [3.8, 4) is 28.7 Å². The topological polar surface area (TPSA) is 141 Å². The third-order valence-corrected chi connectivity index (χ3v) is 6.57. The number of nitriles is 1. The van der Waals surface area contributed by atoms with Gasteiger partial charge in [0.15, 0.2) is 0 Å². The number of rotatable bonds is 7. The Kier molecular flexibility index (Phi) is 7.13. The molecular formula is C30H23N7O4. The summed E-state index contributed by atoms with van der Waals surface area (Å²) >= 11 is 0. The highest BCUT2D eigenvalue weighted by molar-refractivity contribution is 6.10. The molecule has 1 N–H and O–H groups in total. The first-order chi connectivity index (χ1) is 19.8. The Morgan fingerprint density at radius 2 is 1.61 bits per heavy atom. The van der Waals surface area contributed by atoms with Crippen molar-refractivity contribution in [2.24, 2.45) is 7.05 Å². The number of nitro groups is 1. The molecule has 2 aromatic heterocycles. The summed E-state index contributed by atoms with van der Waals surface area (Å²) < 4.78 is 4.65.